The summed E-state index contributed by atoms with van der Waals surface area (Å²) in [7, 11) is 3.76. The molecule has 0 radical (unpaired) electrons. The number of nitrogens with two attached hydrogens (primary N) is 1. The number of hydrogen-bond donors (Lipinski definition) is 1. The van der Waals surface area contributed by atoms with Crippen LogP contribution in [-0.2, 0) is 4.74 Å². The number of ether oxygens (including phenoxy) is 1. The molecule has 1 aliphatic heterocycles. The molecule has 1 atom stereocenters. The summed E-state index contributed by atoms with van der Waals surface area (Å²) < 4.78 is 5.61. The average Bonchev–Trinajstić information content (AvgIpc) is 1.85. The Labute approximate surface area is 69.3 Å². The molecule has 1 unspecified atom stereocenters. The first-order chi connectivity index (χ1) is 5.14. The molecular weight excluding hydrogens is 138 g/mol. The van der Waals surface area contributed by atoms with E-state index in [1.165, 1.54) is 12.8 Å². The molecule has 0 amide bonds. The van der Waals surface area contributed by atoms with Crippen LogP contribution in [0, 0.1) is 13.0 Å². The quantitative estimate of drug-likeness (QED) is 0.582. The van der Waals surface area contributed by atoms with Crippen molar-refractivity contribution < 1.29 is 10.1 Å². The van der Waals surface area contributed by atoms with E-state index in [4.69, 9.17) is 4.74 Å². The zero-order chi connectivity index (χ0) is 8.32. The van der Waals surface area contributed by atoms with E-state index in [1.807, 2.05) is 5.32 Å². The number of rotatable bonds is 2. The summed E-state index contributed by atoms with van der Waals surface area (Å²) in [5.41, 5.74) is 0.103. The van der Waals surface area contributed by atoms with Crippen LogP contribution in [-0.4, -0.2) is 18.8 Å². The summed E-state index contributed by atoms with van der Waals surface area (Å²) in [5.74, 6) is 0.802. The second-order valence-corrected chi connectivity index (χ2v) is 3.99. The molecule has 2 nitrogen and oxygen atoms in total. The van der Waals surface area contributed by atoms with Gasteiger partial charge in [-0.15, -0.1) is 0 Å². The highest BCUT2D eigenvalue weighted by Gasteiger charge is 2.28. The molecule has 0 spiro atoms. The van der Waals surface area contributed by atoms with E-state index in [2.05, 4.69) is 20.9 Å². The van der Waals surface area contributed by atoms with Gasteiger partial charge in [0.2, 0.25) is 0 Å². The molecule has 1 rings (SSSR count). The van der Waals surface area contributed by atoms with Gasteiger partial charge in [0.05, 0.1) is 12.1 Å². The van der Waals surface area contributed by atoms with Gasteiger partial charge < -0.3 is 10.1 Å². The van der Waals surface area contributed by atoms with Crippen molar-refractivity contribution in [3.8, 4) is 0 Å². The van der Waals surface area contributed by atoms with Gasteiger partial charge in [-0.25, -0.2) is 0 Å². The SMILES string of the molecule is [CH2-][NH2+]CC1CCOC(C)(C)C1. The first kappa shape index (κ1) is 9.01. The molecule has 1 aliphatic rings. The normalized spacial score (nSPS) is 30.3. The third-order valence-corrected chi connectivity index (χ3v) is 2.30. The van der Waals surface area contributed by atoms with Gasteiger partial charge in [0.1, 0.15) is 0 Å². The second-order valence-electron chi connectivity index (χ2n) is 3.99. The summed E-state index contributed by atoms with van der Waals surface area (Å²) in [5, 5.41) is 2.02. The minimum atomic E-state index is 0.103. The van der Waals surface area contributed by atoms with Crippen LogP contribution in [0.25, 0.3) is 0 Å². The highest BCUT2D eigenvalue weighted by atomic mass is 16.5. The first-order valence-corrected chi connectivity index (χ1v) is 4.39. The maximum atomic E-state index is 5.61. The van der Waals surface area contributed by atoms with Crippen molar-refractivity contribution in [2.75, 3.05) is 13.2 Å². The minimum absolute atomic E-state index is 0.103. The monoisotopic (exact) mass is 157 g/mol. The smallest absolute Gasteiger partial charge is 0.0631 e. The van der Waals surface area contributed by atoms with Crippen molar-refractivity contribution in [2.45, 2.75) is 32.3 Å². The summed E-state index contributed by atoms with van der Waals surface area (Å²) in [6.07, 6.45) is 2.38. The molecule has 0 aromatic heterocycles. The Hall–Kier alpha value is -0.0800. The van der Waals surface area contributed by atoms with E-state index in [-0.39, 0.29) is 5.60 Å². The van der Waals surface area contributed by atoms with Crippen LogP contribution >= 0.6 is 0 Å². The van der Waals surface area contributed by atoms with E-state index in [9.17, 15) is 0 Å². The van der Waals surface area contributed by atoms with E-state index < -0.39 is 0 Å². The van der Waals surface area contributed by atoms with E-state index in [0.29, 0.717) is 0 Å². The molecule has 0 aromatic carbocycles. The zero-order valence-electron chi connectivity index (χ0n) is 7.60. The molecule has 2 heteroatoms. The van der Waals surface area contributed by atoms with Gasteiger partial charge in [0.25, 0.3) is 0 Å². The molecule has 1 fully saturated rings. The van der Waals surface area contributed by atoms with Gasteiger partial charge in [-0.05, 0) is 26.7 Å². The largest absolute Gasteiger partial charge is 0.479 e. The van der Waals surface area contributed by atoms with Gasteiger partial charge in [0.15, 0.2) is 0 Å². The van der Waals surface area contributed by atoms with E-state index in [1.54, 1.807) is 0 Å². The zero-order valence-corrected chi connectivity index (χ0v) is 7.60. The molecule has 0 aliphatic carbocycles. The van der Waals surface area contributed by atoms with Crippen molar-refractivity contribution >= 4 is 0 Å². The van der Waals surface area contributed by atoms with Crippen molar-refractivity contribution in [3.05, 3.63) is 7.05 Å². The molecule has 0 saturated carbocycles. The summed E-state index contributed by atoms with van der Waals surface area (Å²) in [6.45, 7) is 6.41. The van der Waals surface area contributed by atoms with Crippen molar-refractivity contribution in [1.29, 1.82) is 0 Å². The second kappa shape index (κ2) is 3.55. The summed E-state index contributed by atoms with van der Waals surface area (Å²) in [4.78, 5) is 0. The van der Waals surface area contributed by atoms with E-state index in [0.717, 1.165) is 19.1 Å². The average molecular weight is 157 g/mol. The molecule has 66 valence electrons. The third kappa shape index (κ3) is 2.80. The van der Waals surface area contributed by atoms with Gasteiger partial charge in [-0.3, -0.25) is 0 Å². The predicted molar refractivity (Wildman–Crippen MR) is 44.9 cm³/mol. The minimum Gasteiger partial charge on any atom is -0.479 e. The Kier molecular flexibility index (Phi) is 2.90. The molecule has 1 heterocycles. The van der Waals surface area contributed by atoms with Crippen LogP contribution in [0.3, 0.4) is 0 Å². The van der Waals surface area contributed by atoms with Crippen LogP contribution in [0.2, 0.25) is 0 Å². The fourth-order valence-corrected chi connectivity index (χ4v) is 1.79. The fraction of sp³-hybridized carbons (Fsp3) is 0.889. The van der Waals surface area contributed by atoms with Gasteiger partial charge in [-0.1, -0.05) is 0 Å². The number of quaternary nitrogens is 1. The Morgan fingerprint density at radius 1 is 1.64 bits per heavy atom. The number of hydrogen-bond acceptors (Lipinski definition) is 1. The maximum absolute atomic E-state index is 5.61. The van der Waals surface area contributed by atoms with Crippen LogP contribution < -0.4 is 5.32 Å². The third-order valence-electron chi connectivity index (χ3n) is 2.30. The van der Waals surface area contributed by atoms with Gasteiger partial charge >= 0.3 is 0 Å². The Morgan fingerprint density at radius 3 is 2.91 bits per heavy atom. The Balaban J connectivity index is 2.34. The highest BCUT2D eigenvalue weighted by Crippen LogP contribution is 2.27. The van der Waals surface area contributed by atoms with Crippen molar-refractivity contribution in [1.82, 2.24) is 0 Å². The van der Waals surface area contributed by atoms with Gasteiger partial charge in [-0.2, -0.15) is 7.05 Å². The standard InChI is InChI=1S/C9H19NO/c1-9(2)6-8(7-10-3)4-5-11-9/h8H,3-7,10H2,1-2H3. The molecule has 0 aromatic rings. The van der Waals surface area contributed by atoms with Gasteiger partial charge in [0, 0.05) is 12.5 Å². The molecular formula is C9H19NO. The lowest BCUT2D eigenvalue weighted by Gasteiger charge is -2.34. The predicted octanol–water partition coefficient (Wildman–Crippen LogP) is 0.547. The van der Waals surface area contributed by atoms with Crippen molar-refractivity contribution in [3.63, 3.8) is 0 Å². The molecule has 11 heavy (non-hydrogen) atoms. The van der Waals surface area contributed by atoms with Crippen molar-refractivity contribution in [2.24, 2.45) is 5.92 Å². The van der Waals surface area contributed by atoms with Crippen LogP contribution in [0.5, 0.6) is 0 Å². The Bertz CT molecular complexity index is 121. The van der Waals surface area contributed by atoms with E-state index >= 15 is 0 Å². The Morgan fingerprint density at radius 2 is 2.36 bits per heavy atom. The first-order valence-electron chi connectivity index (χ1n) is 4.39. The summed E-state index contributed by atoms with van der Waals surface area (Å²) >= 11 is 0. The van der Waals surface area contributed by atoms with Crippen LogP contribution in [0.15, 0.2) is 0 Å². The summed E-state index contributed by atoms with van der Waals surface area (Å²) in [6, 6.07) is 0. The lowest BCUT2D eigenvalue weighted by molar-refractivity contribution is -0.603. The highest BCUT2D eigenvalue weighted by molar-refractivity contribution is 4.77. The molecule has 1 saturated heterocycles. The van der Waals surface area contributed by atoms with Crippen LogP contribution in [0.4, 0.5) is 0 Å². The lowest BCUT2D eigenvalue weighted by atomic mass is 9.88. The van der Waals surface area contributed by atoms with Crippen LogP contribution in [0.1, 0.15) is 26.7 Å². The fourth-order valence-electron chi connectivity index (χ4n) is 1.79. The maximum Gasteiger partial charge on any atom is 0.0631 e. The molecule has 2 N–H and O–H groups in total. The lowest BCUT2D eigenvalue weighted by Crippen LogP contribution is -2.79. The molecule has 0 bridgehead atoms. The topological polar surface area (TPSA) is 25.8 Å².